The van der Waals surface area contributed by atoms with Crippen molar-refractivity contribution in [3.05, 3.63) is 47.4 Å². The van der Waals surface area contributed by atoms with Gasteiger partial charge in [0, 0.05) is 23.5 Å². The van der Waals surface area contributed by atoms with E-state index in [1.807, 2.05) is 19.2 Å². The Kier molecular flexibility index (Phi) is 6.08. The zero-order valence-corrected chi connectivity index (χ0v) is 18.0. The second-order valence-electron chi connectivity index (χ2n) is 8.07. The van der Waals surface area contributed by atoms with Gasteiger partial charge in [-0.2, -0.15) is 0 Å². The molecule has 2 aliphatic rings. The predicted octanol–water partition coefficient (Wildman–Crippen LogP) is 6.90. The topological polar surface area (TPSA) is 53.2 Å². The number of allylic oxidation sites excluding steroid dienone is 3. The molecule has 0 bridgehead atoms. The Morgan fingerprint density at radius 2 is 2.03 bits per heavy atom. The van der Waals surface area contributed by atoms with Crippen LogP contribution in [0.5, 0.6) is 5.75 Å². The number of nitrogens with zero attached hydrogens (tertiary/aromatic N) is 1. The van der Waals surface area contributed by atoms with Crippen molar-refractivity contribution in [1.82, 2.24) is 9.97 Å². The molecule has 4 rings (SSSR count). The van der Waals surface area contributed by atoms with Crippen LogP contribution >= 0.6 is 0 Å². The molecule has 1 unspecified atom stereocenters. The van der Waals surface area contributed by atoms with Crippen LogP contribution in [-0.2, 0) is 0 Å². The monoisotopic (exact) mass is 391 g/mol. The Labute approximate surface area is 174 Å². The third-order valence-electron chi connectivity index (χ3n) is 6.10. The van der Waals surface area contributed by atoms with E-state index in [9.17, 15) is 0 Å². The highest BCUT2D eigenvalue weighted by Gasteiger charge is 2.27. The first-order chi connectivity index (χ1) is 14.2. The molecule has 3 heterocycles. The van der Waals surface area contributed by atoms with Gasteiger partial charge in [-0.15, -0.1) is 0 Å². The lowest BCUT2D eigenvalue weighted by Gasteiger charge is -2.20. The lowest BCUT2D eigenvalue weighted by Crippen LogP contribution is -2.07. The Bertz CT molecular complexity index is 903. The number of aliphatic imine (C=N–C) groups is 1. The molecule has 0 saturated heterocycles. The van der Waals surface area contributed by atoms with Gasteiger partial charge in [0.15, 0.2) is 0 Å². The maximum atomic E-state index is 6.10. The fourth-order valence-corrected chi connectivity index (χ4v) is 4.67. The van der Waals surface area contributed by atoms with Crippen molar-refractivity contribution in [3.8, 4) is 17.1 Å². The quantitative estimate of drug-likeness (QED) is 0.505. The van der Waals surface area contributed by atoms with Crippen LogP contribution in [0, 0.1) is 5.92 Å². The Balaban J connectivity index is 1.87. The number of hydrogen-bond acceptors (Lipinski definition) is 2. The van der Waals surface area contributed by atoms with Crippen LogP contribution in [0.1, 0.15) is 71.4 Å². The maximum Gasteiger partial charge on any atom is 0.145 e. The highest BCUT2D eigenvalue weighted by atomic mass is 16.5. The minimum absolute atomic E-state index is 0.464. The summed E-state index contributed by atoms with van der Waals surface area (Å²) in [5, 5.41) is 0. The number of nitrogens with one attached hydrogen (secondary N) is 2. The lowest BCUT2D eigenvalue weighted by molar-refractivity contribution is 0.339. The molecule has 4 heteroatoms. The summed E-state index contributed by atoms with van der Waals surface area (Å²) in [6.07, 6.45) is 12.6. The van der Waals surface area contributed by atoms with E-state index < -0.39 is 0 Å². The van der Waals surface area contributed by atoms with Crippen molar-refractivity contribution in [1.29, 1.82) is 0 Å². The van der Waals surface area contributed by atoms with Gasteiger partial charge in [0.1, 0.15) is 5.75 Å². The van der Waals surface area contributed by atoms with Crippen molar-refractivity contribution in [2.45, 2.75) is 65.7 Å². The molecule has 1 saturated carbocycles. The van der Waals surface area contributed by atoms with E-state index in [0.29, 0.717) is 12.5 Å². The predicted molar refractivity (Wildman–Crippen MR) is 121 cm³/mol. The molecule has 0 aromatic carbocycles. The number of hydrogen-bond donors (Lipinski definition) is 2. The van der Waals surface area contributed by atoms with E-state index in [1.165, 1.54) is 29.7 Å². The van der Waals surface area contributed by atoms with E-state index in [4.69, 9.17) is 9.73 Å². The summed E-state index contributed by atoms with van der Waals surface area (Å²) in [4.78, 5) is 12.1. The first-order valence-corrected chi connectivity index (χ1v) is 11.3. The van der Waals surface area contributed by atoms with Gasteiger partial charge < -0.3 is 14.7 Å². The summed E-state index contributed by atoms with van der Waals surface area (Å²) in [6.45, 7) is 7.26. The molecule has 0 spiro atoms. The van der Waals surface area contributed by atoms with Crippen LogP contribution in [0.4, 0.5) is 0 Å². The van der Waals surface area contributed by atoms with Crippen LogP contribution < -0.4 is 4.74 Å². The normalized spacial score (nSPS) is 18.9. The maximum absolute atomic E-state index is 6.10. The van der Waals surface area contributed by atoms with E-state index in [2.05, 4.69) is 42.0 Å². The van der Waals surface area contributed by atoms with E-state index in [0.717, 1.165) is 60.6 Å². The minimum Gasteiger partial charge on any atom is -0.492 e. The average Bonchev–Trinajstić information content (AvgIpc) is 3.47. The Morgan fingerprint density at radius 1 is 1.17 bits per heavy atom. The van der Waals surface area contributed by atoms with Gasteiger partial charge >= 0.3 is 0 Å². The number of aromatic amines is 2. The summed E-state index contributed by atoms with van der Waals surface area (Å²) in [5.74, 6) is 1.40. The van der Waals surface area contributed by atoms with Crippen molar-refractivity contribution in [2.24, 2.45) is 10.9 Å². The molecule has 29 heavy (non-hydrogen) atoms. The highest BCUT2D eigenvalue weighted by molar-refractivity contribution is 6.05. The van der Waals surface area contributed by atoms with Crippen LogP contribution in [0.25, 0.3) is 17.0 Å². The fourth-order valence-electron chi connectivity index (χ4n) is 4.67. The molecule has 1 aliphatic heterocycles. The molecular formula is C25H33N3O. The van der Waals surface area contributed by atoms with Crippen LogP contribution in [-0.4, -0.2) is 22.3 Å². The van der Waals surface area contributed by atoms with Crippen LogP contribution in [0.15, 0.2) is 46.7 Å². The fraction of sp³-hybridized carbons (Fsp3) is 0.480. The smallest absolute Gasteiger partial charge is 0.145 e. The molecule has 0 amide bonds. The molecule has 154 valence electrons. The van der Waals surface area contributed by atoms with Gasteiger partial charge in [-0.1, -0.05) is 20.3 Å². The van der Waals surface area contributed by atoms with Gasteiger partial charge in [-0.3, -0.25) is 4.99 Å². The summed E-state index contributed by atoms with van der Waals surface area (Å²) >= 11 is 0. The zero-order valence-electron chi connectivity index (χ0n) is 18.0. The number of ether oxygens (including phenoxy) is 1. The third-order valence-corrected chi connectivity index (χ3v) is 6.10. The number of fused-ring (bicyclic) bond motifs is 1. The third kappa shape index (κ3) is 3.98. The SMILES string of the molecule is CCCC(CC)C(=C1C=C2CCCCC2=N1)c1[nH]c(-c2ccc[nH]2)cc1OCC. The van der Waals surface area contributed by atoms with Crippen molar-refractivity contribution in [2.75, 3.05) is 6.61 Å². The summed E-state index contributed by atoms with van der Waals surface area (Å²) in [7, 11) is 0. The molecular weight excluding hydrogens is 358 g/mol. The standard InChI is InChI=1S/C25H33N3O/c1-4-10-17(5-2)24(22-15-18-11-7-8-12-19(18)27-22)25-23(29-6-3)16-21(28-25)20-13-9-14-26-20/h9,13-17,26,28H,4-8,10-12H2,1-3H3. The molecule has 1 atom stereocenters. The number of rotatable bonds is 8. The first-order valence-electron chi connectivity index (χ1n) is 11.3. The summed E-state index contributed by atoms with van der Waals surface area (Å²) < 4.78 is 6.10. The first kappa shape index (κ1) is 19.8. The molecule has 2 aromatic rings. The summed E-state index contributed by atoms with van der Waals surface area (Å²) in [6, 6.07) is 6.25. The van der Waals surface area contributed by atoms with Gasteiger partial charge in [0.25, 0.3) is 0 Å². The van der Waals surface area contributed by atoms with E-state index >= 15 is 0 Å². The van der Waals surface area contributed by atoms with Gasteiger partial charge in [0.05, 0.1) is 29.4 Å². The van der Waals surface area contributed by atoms with Gasteiger partial charge in [-0.25, -0.2) is 0 Å². The Morgan fingerprint density at radius 3 is 2.72 bits per heavy atom. The molecule has 4 nitrogen and oxygen atoms in total. The van der Waals surface area contributed by atoms with Gasteiger partial charge in [0.2, 0.25) is 0 Å². The Hall–Kier alpha value is -2.49. The van der Waals surface area contributed by atoms with Gasteiger partial charge in [-0.05, 0) is 75.1 Å². The van der Waals surface area contributed by atoms with Crippen molar-refractivity contribution < 1.29 is 4.74 Å². The average molecular weight is 392 g/mol. The van der Waals surface area contributed by atoms with Crippen molar-refractivity contribution in [3.63, 3.8) is 0 Å². The number of H-pyrrole nitrogens is 2. The second kappa shape index (κ2) is 8.89. The minimum atomic E-state index is 0.464. The second-order valence-corrected chi connectivity index (χ2v) is 8.07. The largest absolute Gasteiger partial charge is 0.492 e. The van der Waals surface area contributed by atoms with Crippen LogP contribution in [0.3, 0.4) is 0 Å². The number of aromatic nitrogens is 2. The molecule has 2 aromatic heterocycles. The lowest BCUT2D eigenvalue weighted by atomic mass is 9.87. The molecule has 2 N–H and O–H groups in total. The molecule has 0 radical (unpaired) electrons. The zero-order chi connectivity index (χ0) is 20.2. The molecule has 1 aliphatic carbocycles. The van der Waals surface area contributed by atoms with Crippen LogP contribution in [0.2, 0.25) is 0 Å². The van der Waals surface area contributed by atoms with Crippen molar-refractivity contribution >= 4 is 11.3 Å². The van der Waals surface area contributed by atoms with E-state index in [1.54, 1.807) is 0 Å². The highest BCUT2D eigenvalue weighted by Crippen LogP contribution is 2.42. The van der Waals surface area contributed by atoms with E-state index in [-0.39, 0.29) is 0 Å². The molecule has 1 fully saturated rings. The summed E-state index contributed by atoms with van der Waals surface area (Å²) in [5.41, 5.74) is 8.48.